The van der Waals surface area contributed by atoms with E-state index in [4.69, 9.17) is 4.74 Å². The summed E-state index contributed by atoms with van der Waals surface area (Å²) >= 11 is 1.69. The molecule has 0 bridgehead atoms. The van der Waals surface area contributed by atoms with Crippen molar-refractivity contribution >= 4 is 17.3 Å². The highest BCUT2D eigenvalue weighted by atomic mass is 32.1. The average Bonchev–Trinajstić information content (AvgIpc) is 2.76. The minimum Gasteiger partial charge on any atom is -0.464 e. The van der Waals surface area contributed by atoms with E-state index in [-0.39, 0.29) is 17.9 Å². The first-order valence-corrected chi connectivity index (χ1v) is 5.58. The maximum Gasteiger partial charge on any atom is 0.323 e. The van der Waals surface area contributed by atoms with Gasteiger partial charge in [0.15, 0.2) is 0 Å². The predicted molar refractivity (Wildman–Crippen MR) is 55.1 cm³/mol. The molecule has 2 heterocycles. The number of carbonyl (C=O) groups excluding carboxylic acids is 1. The molecule has 1 saturated heterocycles. The SMILES string of the molecule is CC1COC(=O)C1NCc1cccs1. The molecule has 0 spiro atoms. The van der Waals surface area contributed by atoms with Crippen molar-refractivity contribution in [3.05, 3.63) is 22.4 Å². The molecule has 1 aromatic rings. The second kappa shape index (κ2) is 4.11. The molecule has 76 valence electrons. The summed E-state index contributed by atoms with van der Waals surface area (Å²) in [4.78, 5) is 12.5. The first-order valence-electron chi connectivity index (χ1n) is 4.70. The van der Waals surface area contributed by atoms with Crippen LogP contribution in [0.2, 0.25) is 0 Å². The van der Waals surface area contributed by atoms with E-state index in [0.29, 0.717) is 6.61 Å². The molecule has 2 atom stereocenters. The van der Waals surface area contributed by atoms with Crippen molar-refractivity contribution < 1.29 is 9.53 Å². The third-order valence-corrected chi connectivity index (χ3v) is 3.26. The standard InChI is InChI=1S/C10H13NO2S/c1-7-6-13-10(12)9(7)11-5-8-3-2-4-14-8/h2-4,7,9,11H,5-6H2,1H3. The highest BCUT2D eigenvalue weighted by molar-refractivity contribution is 7.09. The second-order valence-electron chi connectivity index (χ2n) is 3.55. The summed E-state index contributed by atoms with van der Waals surface area (Å²) in [5.41, 5.74) is 0. The third-order valence-electron chi connectivity index (χ3n) is 2.39. The molecule has 0 aromatic carbocycles. The Hall–Kier alpha value is -0.870. The van der Waals surface area contributed by atoms with Crippen LogP contribution in [-0.2, 0) is 16.1 Å². The second-order valence-corrected chi connectivity index (χ2v) is 4.58. The molecular weight excluding hydrogens is 198 g/mol. The van der Waals surface area contributed by atoms with Gasteiger partial charge in [0, 0.05) is 17.3 Å². The summed E-state index contributed by atoms with van der Waals surface area (Å²) in [6.45, 7) is 3.32. The van der Waals surface area contributed by atoms with Crippen LogP contribution < -0.4 is 5.32 Å². The minimum absolute atomic E-state index is 0.117. The molecule has 0 amide bonds. The van der Waals surface area contributed by atoms with E-state index in [2.05, 4.69) is 11.4 Å². The lowest BCUT2D eigenvalue weighted by atomic mass is 10.1. The number of hydrogen-bond donors (Lipinski definition) is 1. The third kappa shape index (κ3) is 1.96. The van der Waals surface area contributed by atoms with Crippen molar-refractivity contribution in [3.63, 3.8) is 0 Å². The fourth-order valence-corrected chi connectivity index (χ4v) is 2.20. The van der Waals surface area contributed by atoms with Gasteiger partial charge >= 0.3 is 5.97 Å². The summed E-state index contributed by atoms with van der Waals surface area (Å²) in [6.07, 6.45) is 0. The largest absolute Gasteiger partial charge is 0.464 e. The van der Waals surface area contributed by atoms with Crippen molar-refractivity contribution in [1.82, 2.24) is 5.32 Å². The van der Waals surface area contributed by atoms with E-state index in [1.807, 2.05) is 18.4 Å². The first-order chi connectivity index (χ1) is 6.77. The van der Waals surface area contributed by atoms with Crippen molar-refractivity contribution in [2.24, 2.45) is 5.92 Å². The van der Waals surface area contributed by atoms with E-state index >= 15 is 0 Å². The highest BCUT2D eigenvalue weighted by Gasteiger charge is 2.33. The fourth-order valence-electron chi connectivity index (χ4n) is 1.54. The Labute approximate surface area is 87.1 Å². The van der Waals surface area contributed by atoms with Gasteiger partial charge in [-0.2, -0.15) is 0 Å². The van der Waals surface area contributed by atoms with Gasteiger partial charge in [-0.15, -0.1) is 11.3 Å². The number of nitrogens with one attached hydrogen (secondary N) is 1. The summed E-state index contributed by atoms with van der Waals surface area (Å²) in [7, 11) is 0. The number of hydrogen-bond acceptors (Lipinski definition) is 4. The van der Waals surface area contributed by atoms with Crippen LogP contribution in [0, 0.1) is 5.92 Å². The van der Waals surface area contributed by atoms with Gasteiger partial charge in [-0.1, -0.05) is 13.0 Å². The molecule has 1 N–H and O–H groups in total. The zero-order chi connectivity index (χ0) is 9.97. The number of rotatable bonds is 3. The topological polar surface area (TPSA) is 38.3 Å². The zero-order valence-electron chi connectivity index (χ0n) is 8.03. The summed E-state index contributed by atoms with van der Waals surface area (Å²) in [6, 6.07) is 3.94. The van der Waals surface area contributed by atoms with Gasteiger partial charge < -0.3 is 4.74 Å². The molecule has 2 rings (SSSR count). The van der Waals surface area contributed by atoms with E-state index in [1.165, 1.54) is 4.88 Å². The number of esters is 1. The van der Waals surface area contributed by atoms with E-state index in [1.54, 1.807) is 11.3 Å². The molecule has 0 aliphatic carbocycles. The van der Waals surface area contributed by atoms with Crippen LogP contribution in [0.25, 0.3) is 0 Å². The summed E-state index contributed by atoms with van der Waals surface area (Å²) < 4.78 is 4.95. The normalized spacial score (nSPS) is 26.5. The molecule has 0 radical (unpaired) electrons. The molecule has 4 heteroatoms. The molecule has 14 heavy (non-hydrogen) atoms. The van der Waals surface area contributed by atoms with Gasteiger partial charge in [0.05, 0.1) is 6.61 Å². The number of carbonyl (C=O) groups is 1. The Morgan fingerprint density at radius 1 is 1.71 bits per heavy atom. The molecule has 1 aliphatic heterocycles. The Morgan fingerprint density at radius 2 is 2.57 bits per heavy atom. The maximum absolute atomic E-state index is 11.3. The quantitative estimate of drug-likeness (QED) is 0.768. The number of ether oxygens (including phenoxy) is 1. The van der Waals surface area contributed by atoms with E-state index in [0.717, 1.165) is 6.54 Å². The zero-order valence-corrected chi connectivity index (χ0v) is 8.84. The lowest BCUT2D eigenvalue weighted by Crippen LogP contribution is -2.36. The van der Waals surface area contributed by atoms with Crippen LogP contribution >= 0.6 is 11.3 Å². The Morgan fingerprint density at radius 3 is 3.14 bits per heavy atom. The van der Waals surface area contributed by atoms with E-state index < -0.39 is 0 Å². The molecule has 1 fully saturated rings. The Bertz CT molecular complexity index is 310. The minimum atomic E-state index is -0.128. The van der Waals surface area contributed by atoms with Crippen molar-refractivity contribution in [2.45, 2.75) is 19.5 Å². The molecule has 0 saturated carbocycles. The summed E-state index contributed by atoms with van der Waals surface area (Å²) in [5.74, 6) is 0.163. The number of cyclic esters (lactones) is 1. The van der Waals surface area contributed by atoms with Gasteiger partial charge in [-0.05, 0) is 11.4 Å². The molecule has 3 nitrogen and oxygen atoms in total. The van der Waals surface area contributed by atoms with Crippen LogP contribution in [-0.4, -0.2) is 18.6 Å². The van der Waals surface area contributed by atoms with Crippen molar-refractivity contribution in [2.75, 3.05) is 6.61 Å². The van der Waals surface area contributed by atoms with Gasteiger partial charge in [0.2, 0.25) is 0 Å². The molecule has 1 aromatic heterocycles. The fraction of sp³-hybridized carbons (Fsp3) is 0.500. The molecule has 1 aliphatic rings. The maximum atomic E-state index is 11.3. The monoisotopic (exact) mass is 211 g/mol. The smallest absolute Gasteiger partial charge is 0.323 e. The predicted octanol–water partition coefficient (Wildman–Crippen LogP) is 1.40. The van der Waals surface area contributed by atoms with Crippen molar-refractivity contribution in [1.29, 1.82) is 0 Å². The summed E-state index contributed by atoms with van der Waals surface area (Å²) in [5, 5.41) is 5.25. The Balaban J connectivity index is 1.88. The Kier molecular flexibility index (Phi) is 2.84. The van der Waals surface area contributed by atoms with Gasteiger partial charge in [-0.3, -0.25) is 10.1 Å². The van der Waals surface area contributed by atoms with Gasteiger partial charge in [0.25, 0.3) is 0 Å². The first kappa shape index (κ1) is 9.68. The molecule has 2 unspecified atom stereocenters. The van der Waals surface area contributed by atoms with Crippen LogP contribution in [0.15, 0.2) is 17.5 Å². The van der Waals surface area contributed by atoms with Crippen LogP contribution in [0.4, 0.5) is 0 Å². The van der Waals surface area contributed by atoms with Gasteiger partial charge in [0.1, 0.15) is 6.04 Å². The lowest BCUT2D eigenvalue weighted by molar-refractivity contribution is -0.139. The highest BCUT2D eigenvalue weighted by Crippen LogP contribution is 2.15. The average molecular weight is 211 g/mol. The van der Waals surface area contributed by atoms with Crippen LogP contribution in [0.1, 0.15) is 11.8 Å². The number of thiophene rings is 1. The van der Waals surface area contributed by atoms with E-state index in [9.17, 15) is 4.79 Å². The van der Waals surface area contributed by atoms with Crippen molar-refractivity contribution in [3.8, 4) is 0 Å². The van der Waals surface area contributed by atoms with Gasteiger partial charge in [-0.25, -0.2) is 0 Å². The van der Waals surface area contributed by atoms with Crippen LogP contribution in [0.5, 0.6) is 0 Å². The lowest BCUT2D eigenvalue weighted by Gasteiger charge is -2.11. The molecular formula is C10H13NO2S. The van der Waals surface area contributed by atoms with Crippen LogP contribution in [0.3, 0.4) is 0 Å².